The zero-order valence-electron chi connectivity index (χ0n) is 12.4. The number of carbonyl (C=O) groups excluding carboxylic acids is 1. The number of amides is 1. The third-order valence-corrected chi connectivity index (χ3v) is 3.55. The fraction of sp³-hybridized carbons (Fsp3) is 0.533. The average Bonchev–Trinajstić information content (AvgIpc) is 2.51. The maximum Gasteiger partial charge on any atom is 0.222 e. The van der Waals surface area contributed by atoms with Gasteiger partial charge in [-0.2, -0.15) is 0 Å². The van der Waals surface area contributed by atoms with Crippen LogP contribution in [0.1, 0.15) is 27.2 Å². The lowest BCUT2D eigenvalue weighted by Crippen LogP contribution is -2.48. The topological polar surface area (TPSA) is 43.8 Å². The Kier molecular flexibility index (Phi) is 6.65. The molecule has 1 aliphatic rings. The number of benzene rings is 1. The van der Waals surface area contributed by atoms with Gasteiger partial charge >= 0.3 is 0 Å². The van der Waals surface area contributed by atoms with Crippen LogP contribution >= 0.6 is 11.6 Å². The van der Waals surface area contributed by atoms with E-state index in [4.69, 9.17) is 11.6 Å². The lowest BCUT2D eigenvalue weighted by atomic mass is 10.2. The maximum absolute atomic E-state index is 11.6. The normalized spacial score (nSPS) is 14.6. The predicted molar refractivity (Wildman–Crippen MR) is 83.5 cm³/mol. The molecule has 0 bridgehead atoms. The van der Waals surface area contributed by atoms with Crippen molar-refractivity contribution in [1.82, 2.24) is 4.90 Å². The van der Waals surface area contributed by atoms with Gasteiger partial charge in [-0.25, -0.2) is 0 Å². The van der Waals surface area contributed by atoms with Gasteiger partial charge in [0.2, 0.25) is 5.91 Å². The number of aromatic hydroxyl groups is 1. The molecular weight excluding hydrogens is 276 g/mol. The molecule has 1 N–H and O–H groups in total. The Balaban J connectivity index is 0.000000956. The molecule has 1 heterocycles. The molecule has 1 saturated heterocycles. The summed E-state index contributed by atoms with van der Waals surface area (Å²) in [6, 6.07) is 5.24. The van der Waals surface area contributed by atoms with Crippen LogP contribution in [0.3, 0.4) is 0 Å². The van der Waals surface area contributed by atoms with Crippen LogP contribution in [-0.4, -0.2) is 42.1 Å². The summed E-state index contributed by atoms with van der Waals surface area (Å²) >= 11 is 5.78. The fourth-order valence-corrected chi connectivity index (χ4v) is 2.25. The van der Waals surface area contributed by atoms with Crippen molar-refractivity contribution in [2.75, 3.05) is 31.1 Å². The first-order valence-electron chi connectivity index (χ1n) is 7.13. The highest BCUT2D eigenvalue weighted by atomic mass is 35.5. The van der Waals surface area contributed by atoms with Crippen LogP contribution in [0.15, 0.2) is 18.2 Å². The van der Waals surface area contributed by atoms with Crippen molar-refractivity contribution in [2.24, 2.45) is 0 Å². The van der Waals surface area contributed by atoms with Crippen molar-refractivity contribution >= 4 is 23.2 Å². The molecule has 1 amide bonds. The van der Waals surface area contributed by atoms with Gasteiger partial charge in [0.1, 0.15) is 5.75 Å². The van der Waals surface area contributed by atoms with Crippen LogP contribution in [0, 0.1) is 0 Å². The number of anilines is 1. The van der Waals surface area contributed by atoms with E-state index >= 15 is 0 Å². The largest absolute Gasteiger partial charge is 0.506 e. The third-order valence-electron chi connectivity index (χ3n) is 3.23. The number of hydrogen-bond acceptors (Lipinski definition) is 3. The molecule has 0 unspecified atom stereocenters. The van der Waals surface area contributed by atoms with E-state index in [-0.39, 0.29) is 11.7 Å². The van der Waals surface area contributed by atoms with E-state index in [1.54, 1.807) is 12.1 Å². The molecule has 4 nitrogen and oxygen atoms in total. The minimum atomic E-state index is 0.0984. The van der Waals surface area contributed by atoms with E-state index in [0.29, 0.717) is 11.4 Å². The fourth-order valence-electron chi connectivity index (χ4n) is 2.14. The summed E-state index contributed by atoms with van der Waals surface area (Å²) in [6.07, 6.45) is 0.557. The van der Waals surface area contributed by atoms with Gasteiger partial charge in [-0.05, 0) is 12.1 Å². The number of rotatable bonds is 2. The summed E-state index contributed by atoms with van der Waals surface area (Å²) < 4.78 is 0. The molecule has 1 aromatic carbocycles. The Morgan fingerprint density at radius 1 is 1.25 bits per heavy atom. The molecular formula is C15H23ClN2O2. The summed E-state index contributed by atoms with van der Waals surface area (Å²) in [5, 5.41) is 9.95. The first-order valence-corrected chi connectivity index (χ1v) is 7.51. The zero-order chi connectivity index (χ0) is 15.1. The maximum atomic E-state index is 11.6. The smallest absolute Gasteiger partial charge is 0.222 e. The Morgan fingerprint density at radius 3 is 2.35 bits per heavy atom. The van der Waals surface area contributed by atoms with Gasteiger partial charge in [0.05, 0.1) is 5.02 Å². The average molecular weight is 299 g/mol. The Labute approximate surface area is 125 Å². The molecule has 2 rings (SSSR count). The van der Waals surface area contributed by atoms with Crippen molar-refractivity contribution in [3.63, 3.8) is 0 Å². The van der Waals surface area contributed by atoms with E-state index in [1.807, 2.05) is 31.7 Å². The minimum Gasteiger partial charge on any atom is -0.506 e. The number of carbonyl (C=O) groups is 1. The Morgan fingerprint density at radius 2 is 1.85 bits per heavy atom. The monoisotopic (exact) mass is 298 g/mol. The summed E-state index contributed by atoms with van der Waals surface area (Å²) in [5.74, 6) is 0.301. The summed E-state index contributed by atoms with van der Waals surface area (Å²) in [6.45, 7) is 8.91. The predicted octanol–water partition coefficient (Wildman–Crippen LogP) is 3.13. The number of phenols is 1. The van der Waals surface area contributed by atoms with Crippen LogP contribution in [0.25, 0.3) is 0 Å². The Hall–Kier alpha value is -1.42. The number of phenolic OH excluding ortho intramolecular Hbond substituents is 1. The van der Waals surface area contributed by atoms with Crippen molar-refractivity contribution in [3.05, 3.63) is 23.2 Å². The van der Waals surface area contributed by atoms with Crippen LogP contribution in [-0.2, 0) is 4.79 Å². The van der Waals surface area contributed by atoms with Gasteiger partial charge in [-0.3, -0.25) is 4.79 Å². The SMILES string of the molecule is CC.CCC(=O)N1CCN(c2ccc(Cl)c(O)c2)CC1. The molecule has 1 aromatic rings. The number of hydrogen-bond donors (Lipinski definition) is 1. The van der Waals surface area contributed by atoms with Gasteiger partial charge in [-0.15, -0.1) is 0 Å². The highest BCUT2D eigenvalue weighted by molar-refractivity contribution is 6.32. The molecule has 5 heteroatoms. The first kappa shape index (κ1) is 16.6. The van der Waals surface area contributed by atoms with Crippen LogP contribution in [0.5, 0.6) is 5.75 Å². The van der Waals surface area contributed by atoms with Crippen molar-refractivity contribution < 1.29 is 9.90 Å². The van der Waals surface area contributed by atoms with Gasteiger partial charge in [0, 0.05) is 44.4 Å². The number of halogens is 1. The Bertz CT molecular complexity index is 443. The van der Waals surface area contributed by atoms with E-state index in [1.165, 1.54) is 0 Å². The number of nitrogens with zero attached hydrogens (tertiary/aromatic N) is 2. The van der Waals surface area contributed by atoms with E-state index in [9.17, 15) is 9.90 Å². The second-order valence-electron chi connectivity index (χ2n) is 4.36. The molecule has 0 spiro atoms. The summed E-state index contributed by atoms with van der Waals surface area (Å²) in [4.78, 5) is 15.6. The van der Waals surface area contributed by atoms with Crippen LogP contribution in [0.2, 0.25) is 5.02 Å². The molecule has 112 valence electrons. The lowest BCUT2D eigenvalue weighted by Gasteiger charge is -2.36. The zero-order valence-corrected chi connectivity index (χ0v) is 13.2. The van der Waals surface area contributed by atoms with E-state index < -0.39 is 0 Å². The molecule has 0 aromatic heterocycles. The molecule has 0 atom stereocenters. The molecule has 0 aliphatic carbocycles. The highest BCUT2D eigenvalue weighted by Crippen LogP contribution is 2.28. The number of piperazine rings is 1. The summed E-state index contributed by atoms with van der Waals surface area (Å²) in [7, 11) is 0. The van der Waals surface area contributed by atoms with Crippen molar-refractivity contribution in [1.29, 1.82) is 0 Å². The molecule has 0 radical (unpaired) electrons. The molecule has 1 fully saturated rings. The second-order valence-corrected chi connectivity index (χ2v) is 4.76. The second kappa shape index (κ2) is 8.00. The van der Waals surface area contributed by atoms with Gasteiger partial charge in [-0.1, -0.05) is 32.4 Å². The molecule has 0 saturated carbocycles. The third kappa shape index (κ3) is 4.04. The first-order chi connectivity index (χ1) is 9.61. The van der Waals surface area contributed by atoms with E-state index in [2.05, 4.69) is 4.90 Å². The van der Waals surface area contributed by atoms with Gasteiger partial charge < -0.3 is 14.9 Å². The molecule has 20 heavy (non-hydrogen) atoms. The standard InChI is InChI=1S/C13H17ClN2O2.C2H6/c1-2-13(18)16-7-5-15(6-8-16)10-3-4-11(14)12(17)9-10;1-2/h3-4,9,17H,2,5-8H2,1H3;1-2H3. The van der Waals surface area contributed by atoms with E-state index in [0.717, 1.165) is 31.9 Å². The minimum absolute atomic E-state index is 0.0984. The van der Waals surface area contributed by atoms with Crippen LogP contribution < -0.4 is 4.90 Å². The molecule has 1 aliphatic heterocycles. The van der Waals surface area contributed by atoms with Crippen LogP contribution in [0.4, 0.5) is 5.69 Å². The summed E-state index contributed by atoms with van der Waals surface area (Å²) in [5.41, 5.74) is 0.945. The van der Waals surface area contributed by atoms with Gasteiger partial charge in [0.25, 0.3) is 0 Å². The van der Waals surface area contributed by atoms with Gasteiger partial charge in [0.15, 0.2) is 0 Å². The van der Waals surface area contributed by atoms with Crippen molar-refractivity contribution in [3.8, 4) is 5.75 Å². The quantitative estimate of drug-likeness (QED) is 0.912. The lowest BCUT2D eigenvalue weighted by molar-refractivity contribution is -0.131. The highest BCUT2D eigenvalue weighted by Gasteiger charge is 2.20. The van der Waals surface area contributed by atoms with Crippen molar-refractivity contribution in [2.45, 2.75) is 27.2 Å².